The molecule has 2 nitrogen and oxygen atoms in total. The van der Waals surface area contributed by atoms with Crippen LogP contribution in [-0.4, -0.2) is 9.55 Å². The van der Waals surface area contributed by atoms with E-state index in [0.717, 1.165) is 16.6 Å². The van der Waals surface area contributed by atoms with E-state index in [0.29, 0.717) is 15.5 Å². The maximum atomic E-state index is 14.0. The van der Waals surface area contributed by atoms with Crippen molar-refractivity contribution in [3.05, 3.63) is 57.6 Å². The van der Waals surface area contributed by atoms with Gasteiger partial charge in [-0.1, -0.05) is 23.7 Å². The van der Waals surface area contributed by atoms with Crippen LogP contribution in [0.3, 0.4) is 0 Å². The van der Waals surface area contributed by atoms with E-state index in [-0.39, 0.29) is 5.82 Å². The van der Waals surface area contributed by atoms with Gasteiger partial charge in [0.1, 0.15) is 5.82 Å². The first-order valence-electron chi connectivity index (χ1n) is 5.73. The van der Waals surface area contributed by atoms with Gasteiger partial charge < -0.3 is 4.98 Å². The number of fused-ring (bicyclic) bond motifs is 1. The summed E-state index contributed by atoms with van der Waals surface area (Å²) >= 11 is 11.2. The van der Waals surface area contributed by atoms with Gasteiger partial charge in [0.2, 0.25) is 0 Å². The van der Waals surface area contributed by atoms with Gasteiger partial charge in [0.25, 0.3) is 0 Å². The molecule has 0 aliphatic carbocycles. The third-order valence-electron chi connectivity index (χ3n) is 3.08. The Morgan fingerprint density at radius 1 is 1.26 bits per heavy atom. The standard InChI is InChI=1S/C14H10ClFN2S/c1-8-3-2-4-11-13(8)17-14(19)18(11)12-7-9(15)5-6-10(12)16/h2-7H,1H3,(H,17,19). The molecule has 3 rings (SSSR count). The second-order valence-corrected chi connectivity index (χ2v) is 5.15. The van der Waals surface area contributed by atoms with Gasteiger partial charge in [-0.2, -0.15) is 0 Å². The molecular formula is C14H10ClFN2S. The van der Waals surface area contributed by atoms with E-state index in [2.05, 4.69) is 4.98 Å². The van der Waals surface area contributed by atoms with E-state index in [9.17, 15) is 4.39 Å². The van der Waals surface area contributed by atoms with Gasteiger partial charge in [-0.15, -0.1) is 0 Å². The molecule has 3 aromatic rings. The van der Waals surface area contributed by atoms with Crippen molar-refractivity contribution in [2.75, 3.05) is 0 Å². The Hall–Kier alpha value is -1.65. The Morgan fingerprint density at radius 3 is 2.84 bits per heavy atom. The number of nitrogens with one attached hydrogen (secondary N) is 1. The van der Waals surface area contributed by atoms with Crippen molar-refractivity contribution < 1.29 is 4.39 Å². The van der Waals surface area contributed by atoms with Gasteiger partial charge in [0.05, 0.1) is 16.7 Å². The van der Waals surface area contributed by atoms with Crippen LogP contribution in [0.1, 0.15) is 5.56 Å². The van der Waals surface area contributed by atoms with Gasteiger partial charge >= 0.3 is 0 Å². The zero-order chi connectivity index (χ0) is 13.6. The van der Waals surface area contributed by atoms with E-state index in [1.54, 1.807) is 10.6 Å². The number of nitrogens with zero attached hydrogens (tertiary/aromatic N) is 1. The highest BCUT2D eigenvalue weighted by molar-refractivity contribution is 7.71. The lowest BCUT2D eigenvalue weighted by molar-refractivity contribution is 0.619. The number of aryl methyl sites for hydroxylation is 1. The number of hydrogen-bond acceptors (Lipinski definition) is 1. The zero-order valence-electron chi connectivity index (χ0n) is 10.1. The van der Waals surface area contributed by atoms with Gasteiger partial charge in [0.15, 0.2) is 4.77 Å². The summed E-state index contributed by atoms with van der Waals surface area (Å²) in [4.78, 5) is 3.11. The third-order valence-corrected chi connectivity index (χ3v) is 3.60. The van der Waals surface area contributed by atoms with E-state index in [1.807, 2.05) is 25.1 Å². The molecule has 0 saturated carbocycles. The fraction of sp³-hybridized carbons (Fsp3) is 0.0714. The molecule has 0 fully saturated rings. The fourth-order valence-corrected chi connectivity index (χ4v) is 2.63. The second kappa shape index (κ2) is 4.47. The normalized spacial score (nSPS) is 11.1. The van der Waals surface area contributed by atoms with E-state index in [1.165, 1.54) is 12.1 Å². The quantitative estimate of drug-likeness (QED) is 0.640. The lowest BCUT2D eigenvalue weighted by Crippen LogP contribution is -1.97. The molecule has 0 bridgehead atoms. The van der Waals surface area contributed by atoms with Crippen molar-refractivity contribution in [1.29, 1.82) is 0 Å². The van der Waals surface area contributed by atoms with Crippen LogP contribution in [0.4, 0.5) is 4.39 Å². The number of benzene rings is 2. The number of aromatic nitrogens is 2. The first-order valence-corrected chi connectivity index (χ1v) is 6.52. The summed E-state index contributed by atoms with van der Waals surface area (Å²) in [7, 11) is 0. The first kappa shape index (κ1) is 12.4. The van der Waals surface area contributed by atoms with Crippen molar-refractivity contribution in [2.45, 2.75) is 6.92 Å². The highest BCUT2D eigenvalue weighted by Gasteiger charge is 2.12. The molecule has 0 unspecified atom stereocenters. The number of aromatic amines is 1. The molecule has 96 valence electrons. The average molecular weight is 293 g/mol. The maximum absolute atomic E-state index is 14.0. The Bertz CT molecular complexity index is 835. The van der Waals surface area contributed by atoms with Crippen LogP contribution in [-0.2, 0) is 0 Å². The minimum atomic E-state index is -0.358. The van der Waals surface area contributed by atoms with Crippen LogP contribution in [0.15, 0.2) is 36.4 Å². The van der Waals surface area contributed by atoms with Crippen molar-refractivity contribution in [3.63, 3.8) is 0 Å². The molecular weight excluding hydrogens is 283 g/mol. The van der Waals surface area contributed by atoms with E-state index < -0.39 is 0 Å². The van der Waals surface area contributed by atoms with Crippen LogP contribution >= 0.6 is 23.8 Å². The summed E-state index contributed by atoms with van der Waals surface area (Å²) in [6.07, 6.45) is 0. The lowest BCUT2D eigenvalue weighted by atomic mass is 10.2. The molecule has 0 aliphatic heterocycles. The molecule has 0 radical (unpaired) electrons. The van der Waals surface area contributed by atoms with E-state index in [4.69, 9.17) is 23.8 Å². The number of imidazole rings is 1. The summed E-state index contributed by atoms with van der Waals surface area (Å²) in [5, 5.41) is 0.473. The average Bonchev–Trinajstić information content (AvgIpc) is 2.70. The molecule has 0 spiro atoms. The Morgan fingerprint density at radius 2 is 2.05 bits per heavy atom. The minimum absolute atomic E-state index is 0.356. The summed E-state index contributed by atoms with van der Waals surface area (Å²) in [5.74, 6) is -0.358. The fourth-order valence-electron chi connectivity index (χ4n) is 2.17. The monoisotopic (exact) mass is 292 g/mol. The second-order valence-electron chi connectivity index (χ2n) is 4.33. The lowest BCUT2D eigenvalue weighted by Gasteiger charge is -2.06. The van der Waals surface area contributed by atoms with Gasteiger partial charge in [0, 0.05) is 5.02 Å². The Labute approximate surface area is 119 Å². The van der Waals surface area contributed by atoms with Crippen LogP contribution in [0.2, 0.25) is 5.02 Å². The smallest absolute Gasteiger partial charge is 0.182 e. The molecule has 0 amide bonds. The number of hydrogen-bond donors (Lipinski definition) is 1. The van der Waals surface area contributed by atoms with Crippen molar-refractivity contribution in [1.82, 2.24) is 9.55 Å². The highest BCUT2D eigenvalue weighted by Crippen LogP contribution is 2.25. The number of halogens is 2. The summed E-state index contributed by atoms with van der Waals surface area (Å²) < 4.78 is 16.1. The highest BCUT2D eigenvalue weighted by atomic mass is 35.5. The van der Waals surface area contributed by atoms with Crippen LogP contribution in [0.5, 0.6) is 0 Å². The molecule has 19 heavy (non-hydrogen) atoms. The minimum Gasteiger partial charge on any atom is -0.330 e. The molecule has 1 aromatic heterocycles. The maximum Gasteiger partial charge on any atom is 0.182 e. The number of H-pyrrole nitrogens is 1. The van der Waals surface area contributed by atoms with Gasteiger partial charge in [-0.05, 0) is 49.0 Å². The topological polar surface area (TPSA) is 20.7 Å². The zero-order valence-corrected chi connectivity index (χ0v) is 11.6. The third kappa shape index (κ3) is 1.97. The molecule has 2 aromatic carbocycles. The van der Waals surface area contributed by atoms with Crippen molar-refractivity contribution >= 4 is 34.9 Å². The molecule has 0 atom stereocenters. The molecule has 1 heterocycles. The summed E-state index contributed by atoms with van der Waals surface area (Å²) in [6, 6.07) is 10.2. The molecule has 0 aliphatic rings. The van der Waals surface area contributed by atoms with E-state index >= 15 is 0 Å². The molecule has 5 heteroatoms. The van der Waals surface area contributed by atoms with Crippen molar-refractivity contribution in [3.8, 4) is 5.69 Å². The number of rotatable bonds is 1. The van der Waals surface area contributed by atoms with Crippen LogP contribution in [0, 0.1) is 17.5 Å². The molecule has 0 saturated heterocycles. The largest absolute Gasteiger partial charge is 0.330 e. The predicted octanol–water partition coefficient (Wildman–Crippen LogP) is 4.79. The summed E-state index contributed by atoms with van der Waals surface area (Å²) in [6.45, 7) is 1.98. The predicted molar refractivity (Wildman–Crippen MR) is 78.2 cm³/mol. The van der Waals surface area contributed by atoms with Crippen LogP contribution in [0.25, 0.3) is 16.7 Å². The van der Waals surface area contributed by atoms with Crippen LogP contribution < -0.4 is 0 Å². The van der Waals surface area contributed by atoms with Gasteiger partial charge in [-0.25, -0.2) is 4.39 Å². The first-order chi connectivity index (χ1) is 9.08. The Kier molecular flexibility index (Phi) is 2.92. The van der Waals surface area contributed by atoms with Gasteiger partial charge in [-0.3, -0.25) is 4.57 Å². The number of para-hydroxylation sites is 1. The summed E-state index contributed by atoms with van der Waals surface area (Å²) in [5.41, 5.74) is 3.16. The molecule has 1 N–H and O–H groups in total. The Balaban J connectivity index is 2.43. The van der Waals surface area contributed by atoms with Crippen molar-refractivity contribution in [2.24, 2.45) is 0 Å². The SMILES string of the molecule is Cc1cccc2c1[nH]c(=S)n2-c1cc(Cl)ccc1F.